The molecule has 1 aliphatic heterocycles. The second-order valence-electron chi connectivity index (χ2n) is 3.35. The molecule has 1 saturated heterocycles. The van der Waals surface area contributed by atoms with Crippen LogP contribution in [0.1, 0.15) is 6.92 Å². The van der Waals surface area contributed by atoms with Crippen LogP contribution in [0.25, 0.3) is 0 Å². The molecular weight excluding hydrogens is 180 g/mol. The Balaban J connectivity index is 2.28. The lowest BCUT2D eigenvalue weighted by molar-refractivity contribution is -0.138. The maximum Gasteiger partial charge on any atom is 0.334 e. The minimum Gasteiger partial charge on any atom is -0.463 e. The Hall–Kier alpha value is -0.870. The molecule has 80 valence electrons. The Kier molecular flexibility index (Phi) is 4.62. The standard InChI is InChI=1S/C10H18N2O2/c1-3-14-10(13)9(2)8-12-6-4-11-5-7-12/h11H,2-8H2,1H3. The average molecular weight is 198 g/mol. The van der Waals surface area contributed by atoms with E-state index in [0.29, 0.717) is 18.7 Å². The molecule has 0 amide bonds. The van der Waals surface area contributed by atoms with Crippen molar-refractivity contribution in [3.05, 3.63) is 12.2 Å². The highest BCUT2D eigenvalue weighted by Gasteiger charge is 2.14. The van der Waals surface area contributed by atoms with Crippen LogP contribution in [0.3, 0.4) is 0 Å². The molecule has 1 N–H and O–H groups in total. The van der Waals surface area contributed by atoms with Crippen LogP contribution < -0.4 is 5.32 Å². The van der Waals surface area contributed by atoms with Gasteiger partial charge < -0.3 is 10.1 Å². The molecule has 0 atom stereocenters. The molecular formula is C10H18N2O2. The molecule has 4 nitrogen and oxygen atoms in total. The van der Waals surface area contributed by atoms with Crippen molar-refractivity contribution in [3.63, 3.8) is 0 Å². The van der Waals surface area contributed by atoms with Crippen LogP contribution in [0.4, 0.5) is 0 Å². The zero-order valence-electron chi connectivity index (χ0n) is 8.71. The topological polar surface area (TPSA) is 41.6 Å². The Labute approximate surface area is 84.9 Å². The van der Waals surface area contributed by atoms with Gasteiger partial charge >= 0.3 is 5.97 Å². The zero-order chi connectivity index (χ0) is 10.4. The molecule has 0 aromatic rings. The molecule has 0 aromatic heterocycles. The summed E-state index contributed by atoms with van der Waals surface area (Å²) in [6.45, 7) is 10.5. The number of esters is 1. The lowest BCUT2D eigenvalue weighted by atomic mass is 10.2. The second kappa shape index (κ2) is 5.78. The van der Waals surface area contributed by atoms with Crippen LogP contribution in [0.15, 0.2) is 12.2 Å². The number of piperazine rings is 1. The number of nitrogens with zero attached hydrogens (tertiary/aromatic N) is 1. The zero-order valence-corrected chi connectivity index (χ0v) is 8.71. The van der Waals surface area contributed by atoms with E-state index in [1.807, 2.05) is 0 Å². The molecule has 4 heteroatoms. The number of carbonyl (C=O) groups excluding carboxylic acids is 1. The summed E-state index contributed by atoms with van der Waals surface area (Å²) in [6, 6.07) is 0. The van der Waals surface area contributed by atoms with E-state index in [2.05, 4.69) is 16.8 Å². The van der Waals surface area contributed by atoms with Gasteiger partial charge in [0, 0.05) is 38.3 Å². The second-order valence-corrected chi connectivity index (χ2v) is 3.35. The Morgan fingerprint density at radius 3 is 2.71 bits per heavy atom. The third-order valence-electron chi connectivity index (χ3n) is 2.19. The van der Waals surface area contributed by atoms with Gasteiger partial charge in [-0.05, 0) is 6.92 Å². The van der Waals surface area contributed by atoms with Crippen LogP contribution in [0.5, 0.6) is 0 Å². The van der Waals surface area contributed by atoms with Crippen LogP contribution in [0, 0.1) is 0 Å². The summed E-state index contributed by atoms with van der Waals surface area (Å²) in [5, 5.41) is 3.25. The van der Waals surface area contributed by atoms with Crippen molar-refractivity contribution < 1.29 is 9.53 Å². The van der Waals surface area contributed by atoms with Crippen LogP contribution >= 0.6 is 0 Å². The summed E-state index contributed by atoms with van der Waals surface area (Å²) >= 11 is 0. The molecule has 0 spiro atoms. The summed E-state index contributed by atoms with van der Waals surface area (Å²) in [6.07, 6.45) is 0. The fraction of sp³-hybridized carbons (Fsp3) is 0.700. The van der Waals surface area contributed by atoms with Gasteiger partial charge in [0.05, 0.1) is 6.61 Å². The normalized spacial score (nSPS) is 17.8. The number of hydrogen-bond acceptors (Lipinski definition) is 4. The first kappa shape index (κ1) is 11.2. The molecule has 14 heavy (non-hydrogen) atoms. The largest absolute Gasteiger partial charge is 0.463 e. The van der Waals surface area contributed by atoms with Gasteiger partial charge in [-0.3, -0.25) is 4.90 Å². The smallest absolute Gasteiger partial charge is 0.334 e. The predicted octanol–water partition coefficient (Wildman–Crippen LogP) is 0.0109. The van der Waals surface area contributed by atoms with Crippen LogP contribution in [0.2, 0.25) is 0 Å². The predicted molar refractivity (Wildman–Crippen MR) is 55.1 cm³/mol. The van der Waals surface area contributed by atoms with E-state index in [1.165, 1.54) is 0 Å². The highest BCUT2D eigenvalue weighted by molar-refractivity contribution is 5.88. The molecule has 0 aromatic carbocycles. The Bertz CT molecular complexity index is 210. The highest BCUT2D eigenvalue weighted by Crippen LogP contribution is 2.01. The van der Waals surface area contributed by atoms with E-state index in [0.717, 1.165) is 26.2 Å². The minimum absolute atomic E-state index is 0.272. The number of nitrogens with one attached hydrogen (secondary N) is 1. The first-order chi connectivity index (χ1) is 6.74. The third kappa shape index (κ3) is 3.47. The van der Waals surface area contributed by atoms with E-state index in [1.54, 1.807) is 6.92 Å². The van der Waals surface area contributed by atoms with Gasteiger partial charge in [-0.25, -0.2) is 4.79 Å². The van der Waals surface area contributed by atoms with Crippen molar-refractivity contribution in [2.24, 2.45) is 0 Å². The van der Waals surface area contributed by atoms with Gasteiger partial charge in [-0.1, -0.05) is 6.58 Å². The van der Waals surface area contributed by atoms with E-state index < -0.39 is 0 Å². The monoisotopic (exact) mass is 198 g/mol. The first-order valence-electron chi connectivity index (χ1n) is 5.02. The molecule has 0 radical (unpaired) electrons. The third-order valence-corrected chi connectivity index (χ3v) is 2.19. The van der Waals surface area contributed by atoms with E-state index >= 15 is 0 Å². The van der Waals surface area contributed by atoms with Crippen molar-refractivity contribution in [1.29, 1.82) is 0 Å². The molecule has 0 aliphatic carbocycles. The van der Waals surface area contributed by atoms with Gasteiger partial charge in [0.2, 0.25) is 0 Å². The van der Waals surface area contributed by atoms with Crippen molar-refractivity contribution in [2.45, 2.75) is 6.92 Å². The number of ether oxygens (including phenoxy) is 1. The highest BCUT2D eigenvalue weighted by atomic mass is 16.5. The van der Waals surface area contributed by atoms with Crippen molar-refractivity contribution in [3.8, 4) is 0 Å². The van der Waals surface area contributed by atoms with Crippen LogP contribution in [-0.2, 0) is 9.53 Å². The molecule has 1 heterocycles. The number of hydrogen-bond donors (Lipinski definition) is 1. The van der Waals surface area contributed by atoms with Gasteiger partial charge in [0.25, 0.3) is 0 Å². The molecule has 0 saturated carbocycles. The average Bonchev–Trinajstić information content (AvgIpc) is 2.19. The fourth-order valence-corrected chi connectivity index (χ4v) is 1.44. The summed E-state index contributed by atoms with van der Waals surface area (Å²) in [5.74, 6) is -0.272. The molecule has 1 fully saturated rings. The summed E-state index contributed by atoms with van der Waals surface area (Å²) < 4.78 is 4.86. The molecule has 1 rings (SSSR count). The molecule has 0 unspecified atom stereocenters. The Morgan fingerprint density at radius 2 is 2.14 bits per heavy atom. The van der Waals surface area contributed by atoms with Gasteiger partial charge in [0.1, 0.15) is 0 Å². The fourth-order valence-electron chi connectivity index (χ4n) is 1.44. The summed E-state index contributed by atoms with van der Waals surface area (Å²) in [5.41, 5.74) is 0.550. The quantitative estimate of drug-likeness (QED) is 0.510. The van der Waals surface area contributed by atoms with Gasteiger partial charge in [-0.2, -0.15) is 0 Å². The maximum atomic E-state index is 11.3. The van der Waals surface area contributed by atoms with Crippen molar-refractivity contribution >= 4 is 5.97 Å². The summed E-state index contributed by atoms with van der Waals surface area (Å²) in [4.78, 5) is 13.5. The van der Waals surface area contributed by atoms with E-state index in [9.17, 15) is 4.79 Å². The van der Waals surface area contributed by atoms with E-state index in [4.69, 9.17) is 4.74 Å². The van der Waals surface area contributed by atoms with Crippen molar-refractivity contribution in [1.82, 2.24) is 10.2 Å². The molecule has 0 bridgehead atoms. The lowest BCUT2D eigenvalue weighted by Gasteiger charge is -2.27. The SMILES string of the molecule is C=C(CN1CCNCC1)C(=O)OCC. The van der Waals surface area contributed by atoms with Crippen LogP contribution in [-0.4, -0.2) is 50.2 Å². The Morgan fingerprint density at radius 1 is 1.50 bits per heavy atom. The molecule has 1 aliphatic rings. The number of rotatable bonds is 4. The van der Waals surface area contributed by atoms with Gasteiger partial charge in [0.15, 0.2) is 0 Å². The first-order valence-corrected chi connectivity index (χ1v) is 5.02. The number of carbonyl (C=O) groups is 1. The van der Waals surface area contributed by atoms with E-state index in [-0.39, 0.29) is 5.97 Å². The van der Waals surface area contributed by atoms with Gasteiger partial charge in [-0.15, -0.1) is 0 Å². The minimum atomic E-state index is -0.272. The van der Waals surface area contributed by atoms with Crippen molar-refractivity contribution in [2.75, 3.05) is 39.3 Å². The lowest BCUT2D eigenvalue weighted by Crippen LogP contribution is -2.44. The maximum absolute atomic E-state index is 11.3. The summed E-state index contributed by atoms with van der Waals surface area (Å²) in [7, 11) is 0.